The van der Waals surface area contributed by atoms with Crippen LogP contribution >= 0.6 is 0 Å². The van der Waals surface area contributed by atoms with Crippen LogP contribution in [-0.4, -0.2) is 37.6 Å². The Labute approximate surface area is 99.8 Å². The summed E-state index contributed by atoms with van der Waals surface area (Å²) < 4.78 is 0. The predicted molar refractivity (Wildman–Crippen MR) is 67.1 cm³/mol. The van der Waals surface area contributed by atoms with E-state index in [0.717, 1.165) is 13.0 Å². The van der Waals surface area contributed by atoms with E-state index in [0.29, 0.717) is 12.1 Å². The molecule has 0 radical (unpaired) electrons. The Kier molecular flexibility index (Phi) is 5.79. The monoisotopic (exact) mass is 223 g/mol. The molecule has 3 atom stereocenters. The summed E-state index contributed by atoms with van der Waals surface area (Å²) in [6.07, 6.45) is 6.02. The Balaban J connectivity index is 2.40. The smallest absolute Gasteiger partial charge is 0.0672 e. The Bertz CT molecular complexity index is 232. The van der Waals surface area contributed by atoms with Gasteiger partial charge in [-0.2, -0.15) is 5.26 Å². The van der Waals surface area contributed by atoms with Crippen LogP contribution in [0.5, 0.6) is 0 Å². The van der Waals surface area contributed by atoms with Crippen molar-refractivity contribution in [2.24, 2.45) is 5.92 Å². The van der Waals surface area contributed by atoms with Gasteiger partial charge in [-0.3, -0.25) is 0 Å². The highest BCUT2D eigenvalue weighted by molar-refractivity contribution is 4.93. The summed E-state index contributed by atoms with van der Waals surface area (Å²) >= 11 is 0. The van der Waals surface area contributed by atoms with Gasteiger partial charge in [0, 0.05) is 18.6 Å². The molecular formula is C13H25N3. The van der Waals surface area contributed by atoms with Crippen LogP contribution in [0.3, 0.4) is 0 Å². The van der Waals surface area contributed by atoms with Gasteiger partial charge < -0.3 is 10.2 Å². The minimum atomic E-state index is 0.219. The summed E-state index contributed by atoms with van der Waals surface area (Å²) in [6.45, 7) is 3.20. The van der Waals surface area contributed by atoms with Crippen molar-refractivity contribution in [1.82, 2.24) is 10.2 Å². The summed E-state index contributed by atoms with van der Waals surface area (Å²) in [5, 5.41) is 12.7. The second-order valence-electron chi connectivity index (χ2n) is 5.20. The van der Waals surface area contributed by atoms with E-state index in [-0.39, 0.29) is 5.92 Å². The predicted octanol–water partition coefficient (Wildman–Crippen LogP) is 2.00. The van der Waals surface area contributed by atoms with Gasteiger partial charge in [0.25, 0.3) is 0 Å². The standard InChI is InChI=1S/C13H25N3/c1-11(16(2)3)10-15-13-8-6-4-5-7-12(13)9-14/h11-13,15H,4-8,10H2,1-3H3. The molecule has 3 unspecified atom stereocenters. The minimum Gasteiger partial charge on any atom is -0.311 e. The van der Waals surface area contributed by atoms with Gasteiger partial charge in [0.1, 0.15) is 0 Å². The molecule has 0 aromatic rings. The SMILES string of the molecule is CC(CNC1CCCCCC1C#N)N(C)C. The van der Waals surface area contributed by atoms with Crippen molar-refractivity contribution in [1.29, 1.82) is 5.26 Å². The zero-order valence-electron chi connectivity index (χ0n) is 10.9. The van der Waals surface area contributed by atoms with Crippen molar-refractivity contribution in [2.75, 3.05) is 20.6 Å². The highest BCUT2D eigenvalue weighted by Crippen LogP contribution is 2.22. The zero-order valence-corrected chi connectivity index (χ0v) is 10.9. The van der Waals surface area contributed by atoms with Gasteiger partial charge in [-0.05, 0) is 33.9 Å². The van der Waals surface area contributed by atoms with Crippen LogP contribution in [0.2, 0.25) is 0 Å². The van der Waals surface area contributed by atoms with Crippen LogP contribution in [0.25, 0.3) is 0 Å². The van der Waals surface area contributed by atoms with E-state index >= 15 is 0 Å². The van der Waals surface area contributed by atoms with Crippen molar-refractivity contribution in [2.45, 2.75) is 51.1 Å². The molecule has 0 spiro atoms. The Hall–Kier alpha value is -0.590. The molecule has 0 aromatic carbocycles. The highest BCUT2D eigenvalue weighted by atomic mass is 15.1. The number of nitriles is 1. The quantitative estimate of drug-likeness (QED) is 0.741. The summed E-state index contributed by atoms with van der Waals surface area (Å²) in [7, 11) is 4.20. The number of nitrogens with one attached hydrogen (secondary N) is 1. The maximum atomic E-state index is 9.16. The van der Waals surface area contributed by atoms with Crippen LogP contribution in [-0.2, 0) is 0 Å². The van der Waals surface area contributed by atoms with Gasteiger partial charge in [-0.1, -0.05) is 19.3 Å². The molecule has 1 aliphatic carbocycles. The first kappa shape index (κ1) is 13.5. The van der Waals surface area contributed by atoms with E-state index in [9.17, 15) is 0 Å². The van der Waals surface area contributed by atoms with Crippen LogP contribution in [0.1, 0.15) is 39.0 Å². The average molecular weight is 223 g/mol. The molecule has 0 aromatic heterocycles. The van der Waals surface area contributed by atoms with Crippen LogP contribution < -0.4 is 5.32 Å². The van der Waals surface area contributed by atoms with Crippen molar-refractivity contribution in [3.8, 4) is 6.07 Å². The van der Waals surface area contributed by atoms with Crippen molar-refractivity contribution >= 4 is 0 Å². The molecular weight excluding hydrogens is 198 g/mol. The fraction of sp³-hybridized carbons (Fsp3) is 0.923. The normalized spacial score (nSPS) is 28.4. The van der Waals surface area contributed by atoms with Gasteiger partial charge in [0.2, 0.25) is 0 Å². The molecule has 3 heteroatoms. The summed E-state index contributed by atoms with van der Waals surface area (Å²) in [5.41, 5.74) is 0. The van der Waals surface area contributed by atoms with E-state index in [4.69, 9.17) is 5.26 Å². The minimum absolute atomic E-state index is 0.219. The molecule has 16 heavy (non-hydrogen) atoms. The van der Waals surface area contributed by atoms with E-state index in [1.54, 1.807) is 0 Å². The molecule has 1 N–H and O–H groups in total. The molecule has 1 fully saturated rings. The third-order valence-electron chi connectivity index (χ3n) is 3.74. The Morgan fingerprint density at radius 3 is 2.62 bits per heavy atom. The molecule has 0 bridgehead atoms. The summed E-state index contributed by atoms with van der Waals surface area (Å²) in [4.78, 5) is 2.21. The molecule has 0 amide bonds. The Morgan fingerprint density at radius 1 is 1.31 bits per heavy atom. The van der Waals surface area contributed by atoms with Crippen LogP contribution in [0, 0.1) is 17.2 Å². The van der Waals surface area contributed by atoms with Gasteiger partial charge in [0.15, 0.2) is 0 Å². The fourth-order valence-electron chi connectivity index (χ4n) is 2.21. The molecule has 0 aliphatic heterocycles. The molecule has 1 saturated carbocycles. The average Bonchev–Trinajstić information content (AvgIpc) is 2.50. The summed E-state index contributed by atoms with van der Waals surface area (Å²) in [6, 6.07) is 3.41. The van der Waals surface area contributed by atoms with Crippen molar-refractivity contribution in [3.63, 3.8) is 0 Å². The zero-order chi connectivity index (χ0) is 12.0. The van der Waals surface area contributed by atoms with Crippen LogP contribution in [0.15, 0.2) is 0 Å². The van der Waals surface area contributed by atoms with E-state index < -0.39 is 0 Å². The summed E-state index contributed by atoms with van der Waals surface area (Å²) in [5.74, 6) is 0.219. The van der Waals surface area contributed by atoms with E-state index in [1.165, 1.54) is 25.7 Å². The van der Waals surface area contributed by atoms with Gasteiger partial charge >= 0.3 is 0 Å². The van der Waals surface area contributed by atoms with Crippen molar-refractivity contribution < 1.29 is 0 Å². The molecule has 3 nitrogen and oxygen atoms in total. The lowest BCUT2D eigenvalue weighted by Gasteiger charge is -2.26. The first-order chi connectivity index (χ1) is 7.65. The third kappa shape index (κ3) is 4.11. The maximum Gasteiger partial charge on any atom is 0.0672 e. The van der Waals surface area contributed by atoms with Gasteiger partial charge in [-0.25, -0.2) is 0 Å². The molecule has 1 aliphatic rings. The van der Waals surface area contributed by atoms with Gasteiger partial charge in [-0.15, -0.1) is 0 Å². The lowest BCUT2D eigenvalue weighted by Crippen LogP contribution is -2.43. The molecule has 0 saturated heterocycles. The number of hydrogen-bond acceptors (Lipinski definition) is 3. The Morgan fingerprint density at radius 2 is 2.00 bits per heavy atom. The van der Waals surface area contributed by atoms with E-state index in [2.05, 4.69) is 37.3 Å². The molecule has 0 heterocycles. The first-order valence-electron chi connectivity index (χ1n) is 6.44. The number of nitrogens with zero attached hydrogens (tertiary/aromatic N) is 2. The fourth-order valence-corrected chi connectivity index (χ4v) is 2.21. The largest absolute Gasteiger partial charge is 0.311 e. The van der Waals surface area contributed by atoms with E-state index in [1.807, 2.05) is 0 Å². The number of rotatable bonds is 4. The van der Waals surface area contributed by atoms with Crippen LogP contribution in [0.4, 0.5) is 0 Å². The topological polar surface area (TPSA) is 39.1 Å². The van der Waals surface area contributed by atoms with Crippen molar-refractivity contribution in [3.05, 3.63) is 0 Å². The highest BCUT2D eigenvalue weighted by Gasteiger charge is 2.23. The van der Waals surface area contributed by atoms with Gasteiger partial charge in [0.05, 0.1) is 12.0 Å². The third-order valence-corrected chi connectivity index (χ3v) is 3.74. The first-order valence-corrected chi connectivity index (χ1v) is 6.44. The second kappa shape index (κ2) is 6.88. The number of likely N-dealkylation sites (N-methyl/N-ethyl adjacent to an activating group) is 1. The number of hydrogen-bond donors (Lipinski definition) is 1. The molecule has 92 valence electrons. The lowest BCUT2D eigenvalue weighted by molar-refractivity contribution is 0.278. The molecule has 1 rings (SSSR count). The maximum absolute atomic E-state index is 9.16. The lowest BCUT2D eigenvalue weighted by atomic mass is 9.96. The second-order valence-corrected chi connectivity index (χ2v) is 5.20.